The first-order chi connectivity index (χ1) is 8.90. The molecule has 3 N–H and O–H groups in total. The zero-order valence-corrected chi connectivity index (χ0v) is 12.0. The molecular weight excluding hydrogens is 266 g/mol. The second-order valence-electron chi connectivity index (χ2n) is 4.66. The van der Waals surface area contributed by atoms with Crippen LogP contribution in [0.5, 0.6) is 0 Å². The first-order valence-electron chi connectivity index (χ1n) is 6.08. The lowest BCUT2D eigenvalue weighted by molar-refractivity contribution is -0.137. The number of carbonyl (C=O) groups is 2. The van der Waals surface area contributed by atoms with Gasteiger partial charge in [-0.05, 0) is 12.8 Å². The molecule has 1 heterocycles. The van der Waals surface area contributed by atoms with E-state index >= 15 is 0 Å². The summed E-state index contributed by atoms with van der Waals surface area (Å²) in [4.78, 5) is 26.6. The van der Waals surface area contributed by atoms with Crippen LogP contribution in [0.25, 0.3) is 0 Å². The van der Waals surface area contributed by atoms with E-state index in [4.69, 9.17) is 5.11 Å². The SMILES string of the molecule is CC(NC(=O)NC(CC(=O)O)C(C)C)c1nccs1. The summed E-state index contributed by atoms with van der Waals surface area (Å²) in [5, 5.41) is 16.9. The Morgan fingerprint density at radius 3 is 2.53 bits per heavy atom. The second-order valence-corrected chi connectivity index (χ2v) is 5.58. The number of aliphatic carboxylic acids is 1. The maximum absolute atomic E-state index is 11.8. The largest absolute Gasteiger partial charge is 0.481 e. The Kier molecular flexibility index (Phi) is 5.75. The highest BCUT2D eigenvalue weighted by molar-refractivity contribution is 7.09. The number of aromatic nitrogens is 1. The van der Waals surface area contributed by atoms with Crippen molar-refractivity contribution in [2.75, 3.05) is 0 Å². The minimum absolute atomic E-state index is 0.0528. The molecule has 1 rings (SSSR count). The van der Waals surface area contributed by atoms with Crippen molar-refractivity contribution in [3.63, 3.8) is 0 Å². The molecule has 0 bridgehead atoms. The molecule has 1 aromatic rings. The van der Waals surface area contributed by atoms with Crippen LogP contribution in [0.4, 0.5) is 4.79 Å². The van der Waals surface area contributed by atoms with E-state index in [-0.39, 0.29) is 30.5 Å². The fourth-order valence-electron chi connectivity index (χ4n) is 1.56. The predicted molar refractivity (Wildman–Crippen MR) is 73.1 cm³/mol. The first kappa shape index (κ1) is 15.4. The summed E-state index contributed by atoms with van der Waals surface area (Å²) < 4.78 is 0. The van der Waals surface area contributed by atoms with Crippen LogP contribution in [0, 0.1) is 5.92 Å². The van der Waals surface area contributed by atoms with E-state index in [9.17, 15) is 9.59 Å². The van der Waals surface area contributed by atoms with E-state index in [1.807, 2.05) is 26.2 Å². The normalized spacial score (nSPS) is 13.9. The summed E-state index contributed by atoms with van der Waals surface area (Å²) in [6.07, 6.45) is 1.59. The van der Waals surface area contributed by atoms with Gasteiger partial charge in [-0.15, -0.1) is 11.3 Å². The van der Waals surface area contributed by atoms with Crippen molar-refractivity contribution < 1.29 is 14.7 Å². The van der Waals surface area contributed by atoms with Crippen molar-refractivity contribution in [2.45, 2.75) is 39.3 Å². The van der Waals surface area contributed by atoms with Gasteiger partial charge in [-0.3, -0.25) is 4.79 Å². The van der Waals surface area contributed by atoms with Crippen LogP contribution in [0.15, 0.2) is 11.6 Å². The van der Waals surface area contributed by atoms with Gasteiger partial charge in [0.1, 0.15) is 5.01 Å². The van der Waals surface area contributed by atoms with Crippen molar-refractivity contribution >= 4 is 23.3 Å². The Bertz CT molecular complexity index is 420. The molecule has 0 aliphatic rings. The predicted octanol–water partition coefficient (Wildman–Crippen LogP) is 2.00. The van der Waals surface area contributed by atoms with Crippen LogP contribution in [0.3, 0.4) is 0 Å². The Hall–Kier alpha value is -1.63. The number of hydrogen-bond donors (Lipinski definition) is 3. The van der Waals surface area contributed by atoms with Gasteiger partial charge in [-0.2, -0.15) is 0 Å². The Labute approximate surface area is 116 Å². The molecule has 0 fully saturated rings. The summed E-state index contributed by atoms with van der Waals surface area (Å²) >= 11 is 1.46. The second kappa shape index (κ2) is 7.08. The van der Waals surface area contributed by atoms with Crippen molar-refractivity contribution in [2.24, 2.45) is 5.92 Å². The third kappa shape index (κ3) is 5.25. The van der Waals surface area contributed by atoms with E-state index < -0.39 is 5.97 Å². The van der Waals surface area contributed by atoms with Gasteiger partial charge >= 0.3 is 12.0 Å². The van der Waals surface area contributed by atoms with E-state index in [1.165, 1.54) is 11.3 Å². The third-order valence-corrected chi connectivity index (χ3v) is 3.64. The molecule has 6 nitrogen and oxygen atoms in total. The summed E-state index contributed by atoms with van der Waals surface area (Å²) in [6, 6.07) is -0.957. The molecule has 2 amide bonds. The standard InChI is InChI=1S/C12H19N3O3S/c1-7(2)9(6-10(16)17)15-12(18)14-8(3)11-13-4-5-19-11/h4-5,7-9H,6H2,1-3H3,(H,16,17)(H2,14,15,18). The summed E-state index contributed by atoms with van der Waals surface area (Å²) in [5.74, 6) is -0.871. The maximum Gasteiger partial charge on any atom is 0.315 e. The fraction of sp³-hybridized carbons (Fsp3) is 0.583. The topological polar surface area (TPSA) is 91.3 Å². The van der Waals surface area contributed by atoms with Crippen LogP contribution in [0.1, 0.15) is 38.2 Å². The first-order valence-corrected chi connectivity index (χ1v) is 6.96. The van der Waals surface area contributed by atoms with Crippen molar-refractivity contribution in [1.82, 2.24) is 15.6 Å². The number of urea groups is 1. The zero-order chi connectivity index (χ0) is 14.4. The van der Waals surface area contributed by atoms with Crippen molar-refractivity contribution in [1.29, 1.82) is 0 Å². The average Bonchev–Trinajstić information content (AvgIpc) is 2.80. The number of rotatable bonds is 6. The quantitative estimate of drug-likeness (QED) is 0.745. The number of amides is 2. The molecule has 0 radical (unpaired) electrons. The van der Waals surface area contributed by atoms with Gasteiger partial charge in [0.15, 0.2) is 0 Å². The molecule has 0 saturated carbocycles. The molecular formula is C12H19N3O3S. The molecule has 1 aromatic heterocycles. The molecule has 0 aliphatic carbocycles. The number of carboxylic acid groups (broad SMARTS) is 1. The van der Waals surface area contributed by atoms with Crippen molar-refractivity contribution in [3.8, 4) is 0 Å². The fourth-order valence-corrected chi connectivity index (χ4v) is 2.20. The van der Waals surface area contributed by atoms with Crippen LogP contribution < -0.4 is 10.6 Å². The molecule has 0 saturated heterocycles. The number of carboxylic acids is 1. The van der Waals surface area contributed by atoms with Gasteiger partial charge in [0.25, 0.3) is 0 Å². The van der Waals surface area contributed by atoms with E-state index in [2.05, 4.69) is 15.6 Å². The highest BCUT2D eigenvalue weighted by Gasteiger charge is 2.20. The van der Waals surface area contributed by atoms with Crippen LogP contribution >= 0.6 is 11.3 Å². The number of nitrogens with zero attached hydrogens (tertiary/aromatic N) is 1. The van der Waals surface area contributed by atoms with Gasteiger partial charge < -0.3 is 15.7 Å². The summed E-state index contributed by atoms with van der Waals surface area (Å²) in [7, 11) is 0. The maximum atomic E-state index is 11.8. The van der Waals surface area contributed by atoms with Gasteiger partial charge in [-0.1, -0.05) is 13.8 Å². The lowest BCUT2D eigenvalue weighted by Gasteiger charge is -2.22. The molecule has 0 aromatic carbocycles. The van der Waals surface area contributed by atoms with Crippen LogP contribution in [0.2, 0.25) is 0 Å². The molecule has 2 atom stereocenters. The number of carbonyl (C=O) groups excluding carboxylic acids is 1. The highest BCUT2D eigenvalue weighted by Crippen LogP contribution is 2.14. The van der Waals surface area contributed by atoms with Crippen LogP contribution in [-0.4, -0.2) is 28.1 Å². The number of hydrogen-bond acceptors (Lipinski definition) is 4. The van der Waals surface area contributed by atoms with Crippen molar-refractivity contribution in [3.05, 3.63) is 16.6 Å². The highest BCUT2D eigenvalue weighted by atomic mass is 32.1. The molecule has 19 heavy (non-hydrogen) atoms. The number of thiazole rings is 1. The summed E-state index contributed by atoms with van der Waals surface area (Å²) in [5.41, 5.74) is 0. The minimum atomic E-state index is -0.924. The van der Waals surface area contributed by atoms with Crippen LogP contribution in [-0.2, 0) is 4.79 Å². The molecule has 0 spiro atoms. The molecule has 106 valence electrons. The van der Waals surface area contributed by atoms with Gasteiger partial charge in [0.2, 0.25) is 0 Å². The lowest BCUT2D eigenvalue weighted by Crippen LogP contribution is -2.46. The van der Waals surface area contributed by atoms with E-state index in [0.29, 0.717) is 0 Å². The molecule has 0 aliphatic heterocycles. The van der Waals surface area contributed by atoms with Gasteiger partial charge in [-0.25, -0.2) is 9.78 Å². The number of nitrogens with one attached hydrogen (secondary N) is 2. The minimum Gasteiger partial charge on any atom is -0.481 e. The van der Waals surface area contributed by atoms with Gasteiger partial charge in [0.05, 0.1) is 12.5 Å². The Morgan fingerprint density at radius 2 is 2.05 bits per heavy atom. The van der Waals surface area contributed by atoms with Gasteiger partial charge in [0, 0.05) is 17.6 Å². The summed E-state index contributed by atoms with van der Waals surface area (Å²) in [6.45, 7) is 5.58. The van der Waals surface area contributed by atoms with E-state index in [1.54, 1.807) is 6.20 Å². The molecule has 2 unspecified atom stereocenters. The van der Waals surface area contributed by atoms with E-state index in [0.717, 1.165) is 5.01 Å². The Morgan fingerprint density at radius 1 is 1.37 bits per heavy atom. The Balaban J connectivity index is 2.50. The third-order valence-electron chi connectivity index (χ3n) is 2.69. The lowest BCUT2D eigenvalue weighted by atomic mass is 10.0. The average molecular weight is 285 g/mol. The zero-order valence-electron chi connectivity index (χ0n) is 11.2. The molecule has 7 heteroatoms. The monoisotopic (exact) mass is 285 g/mol. The smallest absolute Gasteiger partial charge is 0.315 e.